The molecule has 0 spiro atoms. The lowest BCUT2D eigenvalue weighted by molar-refractivity contribution is 0.283. The Morgan fingerprint density at radius 3 is 2.76 bits per heavy atom. The van der Waals surface area contributed by atoms with Crippen LogP contribution in [-0.4, -0.2) is 25.4 Å². The van der Waals surface area contributed by atoms with Crippen molar-refractivity contribution in [2.45, 2.75) is 19.3 Å². The van der Waals surface area contributed by atoms with E-state index in [1.807, 2.05) is 0 Å². The number of nitrogen functional groups attached to an aromatic ring is 1. The molecule has 0 saturated carbocycles. The number of halogens is 1. The monoisotopic (exact) mass is 242 g/mol. The van der Waals surface area contributed by atoms with E-state index in [0.29, 0.717) is 11.4 Å². The summed E-state index contributed by atoms with van der Waals surface area (Å²) >= 11 is 0. The maximum atomic E-state index is 13.3. The molecule has 0 aliphatic carbocycles. The molecule has 0 saturated heterocycles. The summed E-state index contributed by atoms with van der Waals surface area (Å²) in [6.07, 6.45) is 2.67. The van der Waals surface area contributed by atoms with E-state index in [-0.39, 0.29) is 12.4 Å². The molecule has 17 heavy (non-hydrogen) atoms. The normalized spacial score (nSPS) is 10.3. The van der Waals surface area contributed by atoms with E-state index in [2.05, 4.69) is 5.32 Å². The van der Waals surface area contributed by atoms with E-state index in [9.17, 15) is 4.39 Å². The van der Waals surface area contributed by atoms with Crippen LogP contribution >= 0.6 is 0 Å². The van der Waals surface area contributed by atoms with Crippen LogP contribution in [0.15, 0.2) is 12.1 Å². The number of aliphatic hydroxyl groups is 1. The zero-order chi connectivity index (χ0) is 12.7. The van der Waals surface area contributed by atoms with Crippen molar-refractivity contribution in [2.24, 2.45) is 0 Å². The highest BCUT2D eigenvalue weighted by molar-refractivity contribution is 5.68. The summed E-state index contributed by atoms with van der Waals surface area (Å²) < 4.78 is 18.1. The van der Waals surface area contributed by atoms with Crippen LogP contribution in [0.1, 0.15) is 19.3 Å². The highest BCUT2D eigenvalue weighted by Gasteiger charge is 2.07. The fourth-order valence-electron chi connectivity index (χ4n) is 1.51. The first-order valence-corrected chi connectivity index (χ1v) is 5.66. The minimum atomic E-state index is -0.462. The third-order valence-electron chi connectivity index (χ3n) is 2.47. The molecule has 0 fully saturated rings. The molecular formula is C12H19FN2O2. The summed E-state index contributed by atoms with van der Waals surface area (Å²) in [5.41, 5.74) is 6.73. The third kappa shape index (κ3) is 4.11. The van der Waals surface area contributed by atoms with Crippen LogP contribution < -0.4 is 15.8 Å². The molecule has 0 unspecified atom stereocenters. The Bertz CT molecular complexity index is 359. The van der Waals surface area contributed by atoms with E-state index in [1.165, 1.54) is 13.2 Å². The Morgan fingerprint density at radius 2 is 2.12 bits per heavy atom. The van der Waals surface area contributed by atoms with Crippen molar-refractivity contribution in [3.63, 3.8) is 0 Å². The van der Waals surface area contributed by atoms with Gasteiger partial charge in [-0.15, -0.1) is 0 Å². The van der Waals surface area contributed by atoms with Gasteiger partial charge < -0.3 is 20.9 Å². The lowest BCUT2D eigenvalue weighted by Crippen LogP contribution is -2.05. The van der Waals surface area contributed by atoms with Crippen LogP contribution in [0.5, 0.6) is 5.75 Å². The van der Waals surface area contributed by atoms with Crippen LogP contribution in [0.2, 0.25) is 0 Å². The van der Waals surface area contributed by atoms with Gasteiger partial charge in [0.1, 0.15) is 0 Å². The number of ether oxygens (including phenoxy) is 1. The average Bonchev–Trinajstić information content (AvgIpc) is 2.31. The Hall–Kier alpha value is -1.49. The molecule has 5 heteroatoms. The van der Waals surface area contributed by atoms with E-state index < -0.39 is 5.82 Å². The number of nitrogens with two attached hydrogens (primary N) is 1. The molecule has 1 rings (SSSR count). The van der Waals surface area contributed by atoms with Crippen molar-refractivity contribution in [2.75, 3.05) is 31.3 Å². The molecule has 0 heterocycles. The molecule has 0 radical (unpaired) electrons. The number of hydrogen-bond acceptors (Lipinski definition) is 4. The number of benzene rings is 1. The number of rotatable bonds is 7. The van der Waals surface area contributed by atoms with Gasteiger partial charge >= 0.3 is 0 Å². The quantitative estimate of drug-likeness (QED) is 0.505. The first-order chi connectivity index (χ1) is 8.19. The van der Waals surface area contributed by atoms with Crippen LogP contribution in [0.4, 0.5) is 15.8 Å². The topological polar surface area (TPSA) is 67.5 Å². The Labute approximate surface area is 101 Å². The molecular weight excluding hydrogens is 223 g/mol. The number of anilines is 2. The van der Waals surface area contributed by atoms with Gasteiger partial charge in [-0.1, -0.05) is 0 Å². The van der Waals surface area contributed by atoms with E-state index in [0.717, 1.165) is 25.8 Å². The van der Waals surface area contributed by atoms with Gasteiger partial charge in [0.05, 0.1) is 18.5 Å². The zero-order valence-corrected chi connectivity index (χ0v) is 10.0. The minimum Gasteiger partial charge on any atom is -0.494 e. The molecule has 0 aliphatic heterocycles. The standard InChI is InChI=1S/C12H19FN2O2/c1-17-12-8-11(10(14)7-9(12)13)15-5-3-2-4-6-16/h7-8,15-16H,2-6,14H2,1H3. The van der Waals surface area contributed by atoms with Gasteiger partial charge in [-0.25, -0.2) is 4.39 Å². The highest BCUT2D eigenvalue weighted by Crippen LogP contribution is 2.27. The number of hydrogen-bond donors (Lipinski definition) is 3. The summed E-state index contributed by atoms with van der Waals surface area (Å²) in [5.74, 6) is -0.284. The maximum absolute atomic E-state index is 13.3. The molecule has 1 aromatic carbocycles. The molecule has 96 valence electrons. The molecule has 0 aromatic heterocycles. The molecule has 4 nitrogen and oxygen atoms in total. The van der Waals surface area contributed by atoms with Crippen LogP contribution in [0.3, 0.4) is 0 Å². The molecule has 0 aliphatic rings. The lowest BCUT2D eigenvalue weighted by Gasteiger charge is -2.11. The first-order valence-electron chi connectivity index (χ1n) is 5.66. The molecule has 4 N–H and O–H groups in total. The number of unbranched alkanes of at least 4 members (excludes halogenated alkanes) is 2. The molecule has 0 bridgehead atoms. The lowest BCUT2D eigenvalue weighted by atomic mass is 10.2. The molecule has 1 aromatic rings. The first kappa shape index (κ1) is 13.6. The summed E-state index contributed by atoms with van der Waals surface area (Å²) in [6.45, 7) is 0.950. The third-order valence-corrected chi connectivity index (χ3v) is 2.47. The predicted octanol–water partition coefficient (Wildman–Crippen LogP) is 1.99. The number of aliphatic hydroxyl groups excluding tert-OH is 1. The van der Waals surface area contributed by atoms with Gasteiger partial charge in [0, 0.05) is 25.3 Å². The smallest absolute Gasteiger partial charge is 0.167 e. The Morgan fingerprint density at radius 1 is 1.35 bits per heavy atom. The van der Waals surface area contributed by atoms with E-state index in [1.54, 1.807) is 6.07 Å². The van der Waals surface area contributed by atoms with Crippen molar-refractivity contribution in [1.29, 1.82) is 0 Å². The highest BCUT2D eigenvalue weighted by atomic mass is 19.1. The van der Waals surface area contributed by atoms with Crippen LogP contribution in [-0.2, 0) is 0 Å². The maximum Gasteiger partial charge on any atom is 0.167 e. The Balaban J connectivity index is 2.52. The Kier molecular flexibility index (Phi) is 5.56. The van der Waals surface area contributed by atoms with E-state index >= 15 is 0 Å². The number of nitrogens with one attached hydrogen (secondary N) is 1. The van der Waals surface area contributed by atoms with Gasteiger partial charge in [-0.05, 0) is 19.3 Å². The van der Waals surface area contributed by atoms with Crippen LogP contribution in [0.25, 0.3) is 0 Å². The predicted molar refractivity (Wildman–Crippen MR) is 66.8 cm³/mol. The second kappa shape index (κ2) is 6.96. The summed E-state index contributed by atoms with van der Waals surface area (Å²) in [4.78, 5) is 0. The van der Waals surface area contributed by atoms with Crippen molar-refractivity contribution in [1.82, 2.24) is 0 Å². The van der Waals surface area contributed by atoms with Crippen molar-refractivity contribution in [3.8, 4) is 5.75 Å². The SMILES string of the molecule is COc1cc(NCCCCCO)c(N)cc1F. The second-order valence-corrected chi connectivity index (χ2v) is 3.79. The molecule has 0 amide bonds. The molecule has 0 atom stereocenters. The second-order valence-electron chi connectivity index (χ2n) is 3.79. The van der Waals surface area contributed by atoms with Gasteiger partial charge in [-0.3, -0.25) is 0 Å². The van der Waals surface area contributed by atoms with Gasteiger partial charge in [0.2, 0.25) is 0 Å². The van der Waals surface area contributed by atoms with Crippen molar-refractivity contribution >= 4 is 11.4 Å². The summed E-state index contributed by atoms with van der Waals surface area (Å²) in [5, 5.41) is 11.7. The largest absolute Gasteiger partial charge is 0.494 e. The minimum absolute atomic E-state index is 0.178. The number of methoxy groups -OCH3 is 1. The summed E-state index contributed by atoms with van der Waals surface area (Å²) in [6, 6.07) is 2.80. The van der Waals surface area contributed by atoms with Gasteiger partial charge in [0.15, 0.2) is 11.6 Å². The van der Waals surface area contributed by atoms with Crippen LogP contribution in [0, 0.1) is 5.82 Å². The van der Waals surface area contributed by atoms with Gasteiger partial charge in [-0.2, -0.15) is 0 Å². The summed E-state index contributed by atoms with van der Waals surface area (Å²) in [7, 11) is 1.42. The zero-order valence-electron chi connectivity index (χ0n) is 10.0. The van der Waals surface area contributed by atoms with Gasteiger partial charge in [0.25, 0.3) is 0 Å². The fraction of sp³-hybridized carbons (Fsp3) is 0.500. The fourth-order valence-corrected chi connectivity index (χ4v) is 1.51. The van der Waals surface area contributed by atoms with Crippen molar-refractivity contribution in [3.05, 3.63) is 17.9 Å². The average molecular weight is 242 g/mol. The van der Waals surface area contributed by atoms with E-state index in [4.69, 9.17) is 15.6 Å². The van der Waals surface area contributed by atoms with Crippen molar-refractivity contribution < 1.29 is 14.2 Å².